The molecule has 1 aromatic heterocycles. The maximum absolute atomic E-state index is 14.3. The first-order valence-corrected chi connectivity index (χ1v) is 41.5. The Morgan fingerprint density at radius 2 is 0.917 bits per heavy atom. The van der Waals surface area contributed by atoms with Crippen molar-refractivity contribution >= 4 is 130 Å². The second-order valence-electron chi connectivity index (χ2n) is 31.6. The molecule has 17 amide bonds. The summed E-state index contributed by atoms with van der Waals surface area (Å²) in [6.45, 7) is 10.5. The van der Waals surface area contributed by atoms with E-state index in [1.165, 1.54) is 109 Å². The minimum atomic E-state index is -1.98. The van der Waals surface area contributed by atoms with E-state index in [1.54, 1.807) is 6.92 Å². The van der Waals surface area contributed by atoms with Crippen molar-refractivity contribution in [2.24, 2.45) is 29.0 Å². The lowest BCUT2D eigenvalue weighted by Gasteiger charge is -2.36. The molecule has 4 aromatic rings. The van der Waals surface area contributed by atoms with Crippen molar-refractivity contribution in [2.75, 3.05) is 19.6 Å². The van der Waals surface area contributed by atoms with E-state index in [9.17, 15) is 126 Å². The predicted octanol–water partition coefficient (Wildman–Crippen LogP) is -6.20. The van der Waals surface area contributed by atoms with Crippen LogP contribution in [-0.2, 0) is 108 Å². The van der Waals surface area contributed by atoms with E-state index < -0.39 is 272 Å². The molecule has 132 heavy (non-hydrogen) atoms. The SMILES string of the molecule is CC[C@H](C)[C@H](NC(=O)[C@H](CCC(=O)O)NC(=O)[C@H](C)NC(=O)[C@H](Cc1c[nH]cn1)NC(=O)[C@H](C)NC(=O)[C@H](C)NC(=O)CNC(=O)[C@@H](NC(=O)[C@H](C)NC(=O)[C@H](CCC(N)=O)NC(=O)c1ccc2c(c1)C1(OC2=O)c2ccc(O)cc2Oc2cc(O)ccc21)C(C)C)C(=O)N[C@@H](CC(N)=O)C(=O)N[C@@H](CCC(=O)O)C(=O)N[C@@H](C)C(=O)NCC(=O)N[C@@H](CCCNC(=N)N)C(=O)O. The topological polar surface area (TPSA) is 801 Å². The average molecular weight is 1850 g/mol. The molecule has 0 radical (unpaired) electrons. The number of nitrogens with two attached hydrogens (primary N) is 3. The van der Waals surface area contributed by atoms with Crippen LogP contribution in [0.5, 0.6) is 23.0 Å². The molecule has 0 saturated carbocycles. The number of aromatic nitrogens is 2. The number of rotatable bonds is 51. The van der Waals surface area contributed by atoms with Crippen molar-refractivity contribution in [1.82, 2.24) is 95.0 Å². The lowest BCUT2D eigenvalue weighted by atomic mass is 9.77. The van der Waals surface area contributed by atoms with E-state index in [0.29, 0.717) is 0 Å². The molecule has 716 valence electrons. The number of aromatic amines is 1. The minimum absolute atomic E-state index is 0.0348. The number of guanidine groups is 1. The molecule has 14 atom stereocenters. The van der Waals surface area contributed by atoms with Gasteiger partial charge in [-0.25, -0.2) is 14.6 Å². The van der Waals surface area contributed by atoms with Gasteiger partial charge in [-0.2, -0.15) is 0 Å². The summed E-state index contributed by atoms with van der Waals surface area (Å²) in [5.41, 5.74) is 15.1. The van der Waals surface area contributed by atoms with Crippen molar-refractivity contribution in [3.05, 3.63) is 101 Å². The van der Waals surface area contributed by atoms with Crippen LogP contribution in [0.15, 0.2) is 67.1 Å². The number of esters is 1. The van der Waals surface area contributed by atoms with Crippen LogP contribution in [0.1, 0.15) is 170 Å². The van der Waals surface area contributed by atoms with Crippen LogP contribution in [0.2, 0.25) is 0 Å². The molecule has 0 fully saturated rings. The molecule has 2 aliphatic heterocycles. The van der Waals surface area contributed by atoms with Gasteiger partial charge in [0.1, 0.15) is 102 Å². The fraction of sp³-hybridized carbons (Fsp3) is 0.476. The van der Waals surface area contributed by atoms with Gasteiger partial charge in [0.05, 0.1) is 37.1 Å². The molecule has 0 bridgehead atoms. The van der Waals surface area contributed by atoms with Crippen molar-refractivity contribution in [1.29, 1.82) is 5.41 Å². The molecule has 2 aliphatic rings. The monoisotopic (exact) mass is 1850 g/mol. The average Bonchev–Trinajstić information content (AvgIpc) is 1.49. The first kappa shape index (κ1) is 105. The van der Waals surface area contributed by atoms with Crippen LogP contribution in [0, 0.1) is 17.2 Å². The molecule has 0 aliphatic carbocycles. The molecular formula is C82H110N22O28. The van der Waals surface area contributed by atoms with Crippen LogP contribution in [0.4, 0.5) is 0 Å². The molecule has 6 rings (SSSR count). The molecule has 0 unspecified atom stereocenters. The van der Waals surface area contributed by atoms with Crippen molar-refractivity contribution in [3.8, 4) is 23.0 Å². The Hall–Kier alpha value is -15.6. The summed E-state index contributed by atoms with van der Waals surface area (Å²) >= 11 is 0. The van der Waals surface area contributed by atoms with Crippen LogP contribution in [-0.4, -0.2) is 264 Å². The number of phenols is 2. The Morgan fingerprint density at radius 1 is 0.462 bits per heavy atom. The van der Waals surface area contributed by atoms with E-state index >= 15 is 0 Å². The lowest BCUT2D eigenvalue weighted by Crippen LogP contribution is -2.61. The molecule has 0 saturated heterocycles. The highest BCUT2D eigenvalue weighted by Gasteiger charge is 2.54. The molecular weight excluding hydrogens is 1740 g/mol. The maximum atomic E-state index is 14.3. The first-order valence-electron chi connectivity index (χ1n) is 41.5. The Bertz CT molecular complexity index is 4990. The van der Waals surface area contributed by atoms with E-state index in [1.807, 2.05) is 0 Å². The molecule has 3 aromatic carbocycles. The number of phenolic OH excluding ortho intramolecular Hbond substituents is 2. The number of fused-ring (bicyclic) bond motifs is 6. The van der Waals surface area contributed by atoms with Crippen molar-refractivity contribution < 1.29 is 136 Å². The maximum Gasteiger partial charge on any atom is 0.340 e. The Balaban J connectivity index is 1.02. The zero-order valence-electron chi connectivity index (χ0n) is 73.2. The highest BCUT2D eigenvalue weighted by molar-refractivity contribution is 6.04. The Labute approximate surface area is 752 Å². The number of carboxylic acids is 3. The second-order valence-corrected chi connectivity index (χ2v) is 31.6. The summed E-state index contributed by atoms with van der Waals surface area (Å²) in [5.74, 6) is -25.2. The number of aromatic hydroxyl groups is 2. The number of carbonyl (C=O) groups excluding carboxylic acids is 18. The van der Waals surface area contributed by atoms with Gasteiger partial charge in [-0.1, -0.05) is 34.1 Å². The van der Waals surface area contributed by atoms with Crippen molar-refractivity contribution in [2.45, 2.75) is 217 Å². The fourth-order valence-electron chi connectivity index (χ4n) is 13.4. The summed E-state index contributed by atoms with van der Waals surface area (Å²) in [7, 11) is 0. The number of hydrogen-bond donors (Lipinski definition) is 26. The van der Waals surface area contributed by atoms with E-state index in [-0.39, 0.29) is 101 Å². The number of carbonyl (C=O) groups is 21. The zero-order valence-corrected chi connectivity index (χ0v) is 73.2. The predicted molar refractivity (Wildman–Crippen MR) is 456 cm³/mol. The van der Waals surface area contributed by atoms with Gasteiger partial charge < -0.3 is 142 Å². The molecule has 29 N–H and O–H groups in total. The van der Waals surface area contributed by atoms with E-state index in [0.717, 1.165) is 13.8 Å². The lowest BCUT2D eigenvalue weighted by molar-refractivity contribution is -0.142. The third-order valence-electron chi connectivity index (χ3n) is 20.8. The number of ether oxygens (including phenoxy) is 2. The van der Waals surface area contributed by atoms with Crippen molar-refractivity contribution in [3.63, 3.8) is 0 Å². The Morgan fingerprint density at radius 3 is 1.42 bits per heavy atom. The summed E-state index contributed by atoms with van der Waals surface area (Å²) in [6.07, 6.45) is -2.33. The number of nitrogens with one attached hydrogen (secondary N) is 18. The Kier molecular flexibility index (Phi) is 38.7. The van der Waals surface area contributed by atoms with Crippen LogP contribution in [0.25, 0.3) is 0 Å². The first-order chi connectivity index (χ1) is 62.0. The van der Waals surface area contributed by atoms with Crippen LogP contribution < -0.4 is 107 Å². The van der Waals surface area contributed by atoms with E-state index in [4.69, 9.17) is 32.1 Å². The van der Waals surface area contributed by atoms with Gasteiger partial charge in [0.15, 0.2) is 11.6 Å². The van der Waals surface area contributed by atoms with E-state index in [2.05, 4.69) is 95.0 Å². The quantitative estimate of drug-likeness (QED) is 0.00846. The molecule has 50 heteroatoms. The number of nitrogens with zero attached hydrogens (tertiary/aromatic N) is 1. The second kappa shape index (κ2) is 48.5. The number of primary amides is 2. The highest BCUT2D eigenvalue weighted by atomic mass is 16.6. The van der Waals surface area contributed by atoms with Crippen LogP contribution in [0.3, 0.4) is 0 Å². The van der Waals surface area contributed by atoms with Gasteiger partial charge in [-0.05, 0) is 121 Å². The smallest absolute Gasteiger partial charge is 0.340 e. The van der Waals surface area contributed by atoms with Crippen LogP contribution >= 0.6 is 0 Å². The van der Waals surface area contributed by atoms with Gasteiger partial charge in [-0.3, -0.25) is 96.5 Å². The zero-order chi connectivity index (χ0) is 98.5. The van der Waals surface area contributed by atoms with Gasteiger partial charge >= 0.3 is 23.9 Å². The molecule has 3 heterocycles. The third-order valence-corrected chi connectivity index (χ3v) is 20.8. The standard InChI is InChI=1S/C82H110N22O28/c1-10-36(4)65(78(127)102-55(30-59(84)108)76(125)100-51(20-23-62(111)112)73(122)94-37(5)66(115)89-33-61(110)97-53(79(128)129)12-11-25-88-81(85)86)104-74(123)52(21-24-63(113)114)98-68(117)40(8)96-75(124)54(27-43-31-87-34-91-43)101-69(118)39(7)93-67(116)38(6)92-60(109)32-90-77(126)64(35(2)3)103-70(119)41(9)95-72(121)50(19-22-58(83)107)99-71(120)42-13-16-46-49(26-42)82(132-80(46)130)47-17-14-44(105)28-56(47)131-57-29-45(106)15-18-48(57)82/h13-18,26,28-29,31,34-41,50-55,64-65,105-106H,10-12,19-25,27,30,32-33H2,1-9H3,(H2,83,107)(H2,84,108)(H,87,91)(H,89,115)(H,90,126)(H,92,109)(H,93,116)(H,94,122)(H,95,121)(H,96,124)(H,97,110)(H,98,117)(H,99,120)(H,100,125)(H,101,118)(H,102,127)(H,103,119)(H,104,123)(H,111,112)(H,113,114)(H,128,129)(H4,85,86,88)/t36-,37-,38-,39-,40-,41-,50-,51-,52-,53-,54-,55-,64-,65-/m0/s1. The minimum Gasteiger partial charge on any atom is -0.508 e. The highest BCUT2D eigenvalue weighted by Crippen LogP contribution is 2.57. The molecule has 50 nitrogen and oxygen atoms in total. The third kappa shape index (κ3) is 30.6. The van der Waals surface area contributed by atoms with Gasteiger partial charge in [0.2, 0.25) is 94.5 Å². The summed E-state index contributed by atoms with van der Waals surface area (Å²) in [4.78, 5) is 286. The largest absolute Gasteiger partial charge is 0.508 e. The summed E-state index contributed by atoms with van der Waals surface area (Å²) in [6, 6.07) is -8.71. The number of amides is 17. The summed E-state index contributed by atoms with van der Waals surface area (Å²) in [5, 5.41) is 94.4. The van der Waals surface area contributed by atoms with Gasteiger partial charge in [0, 0.05) is 72.8 Å². The number of imidazole rings is 1. The fourth-order valence-corrected chi connectivity index (χ4v) is 13.4. The normalized spacial score (nSPS) is 15.1. The molecule has 1 spiro atoms. The number of benzene rings is 3. The number of carboxylic acid groups (broad SMARTS) is 3. The van der Waals surface area contributed by atoms with Gasteiger partial charge in [-0.15, -0.1) is 0 Å². The number of H-pyrrole nitrogens is 1. The number of hydrogen-bond acceptors (Lipinski definition) is 27. The summed E-state index contributed by atoms with van der Waals surface area (Å²) < 4.78 is 12.1. The number of aliphatic carboxylic acids is 3. The van der Waals surface area contributed by atoms with Gasteiger partial charge in [0.25, 0.3) is 5.91 Å².